The number of aryl methyl sites for hydroxylation is 1. The summed E-state index contributed by atoms with van der Waals surface area (Å²) in [5.74, 6) is 1.73. The Labute approximate surface area is 129 Å². The fraction of sp³-hybridized carbons (Fsp3) is 0.667. The van der Waals surface area contributed by atoms with Crippen LogP contribution in [-0.2, 0) is 0 Å². The molecule has 21 heavy (non-hydrogen) atoms. The molecule has 1 aromatic rings. The van der Waals surface area contributed by atoms with Crippen LogP contribution in [0.1, 0.15) is 32.8 Å². The Morgan fingerprint density at radius 1 is 1.38 bits per heavy atom. The maximum absolute atomic E-state index is 5.89. The van der Waals surface area contributed by atoms with Crippen LogP contribution in [0, 0.1) is 12.8 Å². The van der Waals surface area contributed by atoms with Crippen LogP contribution in [0.4, 0.5) is 0 Å². The summed E-state index contributed by atoms with van der Waals surface area (Å²) < 4.78 is 5.89. The molecule has 0 aliphatic carbocycles. The summed E-state index contributed by atoms with van der Waals surface area (Å²) in [7, 11) is 0. The first-order valence-corrected chi connectivity index (χ1v) is 8.21. The molecule has 0 saturated carbocycles. The lowest BCUT2D eigenvalue weighted by Crippen LogP contribution is -2.56. The molecule has 1 aliphatic heterocycles. The van der Waals surface area contributed by atoms with Crippen molar-refractivity contribution in [1.29, 1.82) is 0 Å². The van der Waals surface area contributed by atoms with Crippen LogP contribution in [-0.4, -0.2) is 43.2 Å². The van der Waals surface area contributed by atoms with E-state index in [2.05, 4.69) is 56.1 Å². The molecule has 1 aliphatic rings. The zero-order valence-electron chi connectivity index (χ0n) is 13.9. The minimum Gasteiger partial charge on any atom is -0.492 e. The van der Waals surface area contributed by atoms with Crippen molar-refractivity contribution in [2.24, 2.45) is 5.92 Å². The summed E-state index contributed by atoms with van der Waals surface area (Å²) in [5, 5.41) is 3.66. The first-order valence-electron chi connectivity index (χ1n) is 8.21. The van der Waals surface area contributed by atoms with Gasteiger partial charge in [0, 0.05) is 31.7 Å². The number of hydrogen-bond acceptors (Lipinski definition) is 3. The first-order chi connectivity index (χ1) is 10.0. The standard InChI is InChI=1S/C18H30N2O/c1-14(2)10-17-13-20(16(4)12-19-17)8-9-21-18-7-5-6-15(3)11-18/h5-7,11,14,16-17,19H,8-10,12-13H2,1-4H3. The van der Waals surface area contributed by atoms with Crippen molar-refractivity contribution >= 4 is 0 Å². The van der Waals surface area contributed by atoms with E-state index >= 15 is 0 Å². The van der Waals surface area contributed by atoms with Gasteiger partial charge < -0.3 is 10.1 Å². The van der Waals surface area contributed by atoms with Gasteiger partial charge in [0.1, 0.15) is 12.4 Å². The number of benzene rings is 1. The first kappa shape index (κ1) is 16.3. The van der Waals surface area contributed by atoms with Crippen molar-refractivity contribution in [3.05, 3.63) is 29.8 Å². The van der Waals surface area contributed by atoms with Gasteiger partial charge >= 0.3 is 0 Å². The zero-order chi connectivity index (χ0) is 15.2. The van der Waals surface area contributed by atoms with E-state index in [-0.39, 0.29) is 0 Å². The number of nitrogens with zero attached hydrogens (tertiary/aromatic N) is 1. The molecule has 1 aromatic carbocycles. The monoisotopic (exact) mass is 290 g/mol. The van der Waals surface area contributed by atoms with E-state index in [1.165, 1.54) is 12.0 Å². The van der Waals surface area contributed by atoms with Crippen LogP contribution < -0.4 is 10.1 Å². The van der Waals surface area contributed by atoms with Crippen LogP contribution in [0.25, 0.3) is 0 Å². The number of hydrogen-bond donors (Lipinski definition) is 1. The van der Waals surface area contributed by atoms with Crippen LogP contribution in [0.5, 0.6) is 5.75 Å². The third kappa shape index (κ3) is 5.33. The highest BCUT2D eigenvalue weighted by Gasteiger charge is 2.24. The van der Waals surface area contributed by atoms with E-state index in [1.807, 2.05) is 6.07 Å². The molecule has 0 bridgehead atoms. The third-order valence-corrected chi connectivity index (χ3v) is 4.17. The lowest BCUT2D eigenvalue weighted by Gasteiger charge is -2.39. The van der Waals surface area contributed by atoms with Crippen molar-refractivity contribution in [2.75, 3.05) is 26.2 Å². The summed E-state index contributed by atoms with van der Waals surface area (Å²) in [6, 6.07) is 9.51. The van der Waals surface area contributed by atoms with Gasteiger partial charge in [-0.05, 0) is 43.9 Å². The number of ether oxygens (including phenoxy) is 1. The van der Waals surface area contributed by atoms with Gasteiger partial charge in [0.15, 0.2) is 0 Å². The van der Waals surface area contributed by atoms with Crippen LogP contribution in [0.15, 0.2) is 24.3 Å². The summed E-state index contributed by atoms with van der Waals surface area (Å²) in [5.41, 5.74) is 1.25. The molecule has 2 rings (SSSR count). The Bertz CT molecular complexity index is 433. The Kier molecular flexibility index (Phi) is 6.07. The smallest absolute Gasteiger partial charge is 0.119 e. The average Bonchev–Trinajstić information content (AvgIpc) is 2.42. The summed E-state index contributed by atoms with van der Waals surface area (Å²) in [6.45, 7) is 13.0. The van der Waals surface area contributed by atoms with E-state index in [1.54, 1.807) is 0 Å². The van der Waals surface area contributed by atoms with Crippen molar-refractivity contribution in [2.45, 2.75) is 46.2 Å². The molecule has 1 heterocycles. The number of piperazine rings is 1. The zero-order valence-corrected chi connectivity index (χ0v) is 13.9. The molecule has 118 valence electrons. The van der Waals surface area contributed by atoms with Crippen molar-refractivity contribution in [3.8, 4) is 5.75 Å². The predicted molar refractivity (Wildman–Crippen MR) is 89.0 cm³/mol. The number of rotatable bonds is 6. The van der Waals surface area contributed by atoms with Gasteiger partial charge in [-0.15, -0.1) is 0 Å². The fourth-order valence-corrected chi connectivity index (χ4v) is 3.02. The Balaban J connectivity index is 1.78. The Morgan fingerprint density at radius 3 is 2.90 bits per heavy atom. The Hall–Kier alpha value is -1.06. The maximum Gasteiger partial charge on any atom is 0.119 e. The van der Waals surface area contributed by atoms with E-state index in [9.17, 15) is 0 Å². The second kappa shape index (κ2) is 7.81. The molecule has 0 radical (unpaired) electrons. The van der Waals surface area contributed by atoms with E-state index in [4.69, 9.17) is 4.74 Å². The number of nitrogens with one attached hydrogen (secondary N) is 1. The van der Waals surface area contributed by atoms with E-state index < -0.39 is 0 Å². The van der Waals surface area contributed by atoms with Gasteiger partial charge in [-0.25, -0.2) is 0 Å². The quantitative estimate of drug-likeness (QED) is 0.871. The van der Waals surface area contributed by atoms with Crippen LogP contribution in [0.3, 0.4) is 0 Å². The molecule has 2 atom stereocenters. The van der Waals surface area contributed by atoms with Crippen LogP contribution in [0.2, 0.25) is 0 Å². The SMILES string of the molecule is Cc1cccc(OCCN2CC(CC(C)C)NCC2C)c1. The molecular formula is C18H30N2O. The average molecular weight is 290 g/mol. The van der Waals surface area contributed by atoms with Crippen molar-refractivity contribution < 1.29 is 4.74 Å². The highest BCUT2D eigenvalue weighted by Crippen LogP contribution is 2.15. The van der Waals surface area contributed by atoms with Gasteiger partial charge in [-0.1, -0.05) is 26.0 Å². The summed E-state index contributed by atoms with van der Waals surface area (Å²) >= 11 is 0. The molecule has 3 heteroatoms. The third-order valence-electron chi connectivity index (χ3n) is 4.17. The molecule has 1 N–H and O–H groups in total. The molecule has 0 aromatic heterocycles. The van der Waals surface area contributed by atoms with E-state index in [0.29, 0.717) is 12.1 Å². The molecule has 1 fully saturated rings. The minimum absolute atomic E-state index is 0.592. The minimum atomic E-state index is 0.592. The highest BCUT2D eigenvalue weighted by atomic mass is 16.5. The molecule has 3 nitrogen and oxygen atoms in total. The normalized spacial score (nSPS) is 23.5. The lowest BCUT2D eigenvalue weighted by atomic mass is 10.0. The van der Waals surface area contributed by atoms with Gasteiger partial charge in [0.05, 0.1) is 0 Å². The topological polar surface area (TPSA) is 24.5 Å². The fourth-order valence-electron chi connectivity index (χ4n) is 3.02. The van der Waals surface area contributed by atoms with Crippen molar-refractivity contribution in [3.63, 3.8) is 0 Å². The molecule has 0 spiro atoms. The van der Waals surface area contributed by atoms with Gasteiger partial charge in [0.2, 0.25) is 0 Å². The molecule has 1 saturated heterocycles. The largest absolute Gasteiger partial charge is 0.492 e. The maximum atomic E-state index is 5.89. The highest BCUT2D eigenvalue weighted by molar-refractivity contribution is 5.27. The molecule has 0 amide bonds. The Morgan fingerprint density at radius 2 is 2.19 bits per heavy atom. The van der Waals surface area contributed by atoms with Gasteiger partial charge in [-0.2, -0.15) is 0 Å². The van der Waals surface area contributed by atoms with Crippen LogP contribution >= 0.6 is 0 Å². The second-order valence-corrected chi connectivity index (χ2v) is 6.74. The summed E-state index contributed by atoms with van der Waals surface area (Å²) in [6.07, 6.45) is 1.25. The van der Waals surface area contributed by atoms with Gasteiger partial charge in [-0.3, -0.25) is 4.90 Å². The van der Waals surface area contributed by atoms with Crippen molar-refractivity contribution in [1.82, 2.24) is 10.2 Å². The molecule has 2 unspecified atom stereocenters. The van der Waals surface area contributed by atoms with E-state index in [0.717, 1.165) is 37.9 Å². The lowest BCUT2D eigenvalue weighted by molar-refractivity contribution is 0.112. The second-order valence-electron chi connectivity index (χ2n) is 6.74. The predicted octanol–water partition coefficient (Wildman–Crippen LogP) is 3.08. The van der Waals surface area contributed by atoms with Gasteiger partial charge in [0.25, 0.3) is 0 Å². The molecular weight excluding hydrogens is 260 g/mol. The summed E-state index contributed by atoms with van der Waals surface area (Å²) in [4.78, 5) is 2.55.